The first-order chi connectivity index (χ1) is 24.5. The summed E-state index contributed by atoms with van der Waals surface area (Å²) in [6.45, 7) is 14.9. The Hall–Kier alpha value is -1.62. The Kier molecular flexibility index (Phi) is 35.9. The average molecular weight is 705 g/mol. The molecule has 0 heterocycles. The van der Waals surface area contributed by atoms with Crippen LogP contribution in [-0.4, -0.2) is 55.3 Å². The molecule has 1 atom stereocenters. The maximum absolute atomic E-state index is 12.8. The minimum atomic E-state index is -0.386. The van der Waals surface area contributed by atoms with Crippen LogP contribution in [0.2, 0.25) is 0 Å². The number of allylic oxidation sites excluding steroid dienone is 4. The number of carbonyl (C=O) groups excluding carboxylic acids is 2. The van der Waals surface area contributed by atoms with Gasteiger partial charge in [0.2, 0.25) is 0 Å². The SMILES string of the molecule is CCCCCCCCC=CCCCCCCCC(=O)OCC(C[N+](CC)(CC)CC)OC(=O)CCCCCCCC=CCCCCCCCC. The van der Waals surface area contributed by atoms with E-state index in [0.29, 0.717) is 19.4 Å². The number of likely N-dealkylation sites (N-methyl/N-ethyl adjacent to an activating group) is 1. The van der Waals surface area contributed by atoms with Crippen LogP contribution >= 0.6 is 0 Å². The van der Waals surface area contributed by atoms with Gasteiger partial charge in [-0.15, -0.1) is 0 Å². The van der Waals surface area contributed by atoms with Crippen molar-refractivity contribution < 1.29 is 23.5 Å². The topological polar surface area (TPSA) is 52.6 Å². The highest BCUT2D eigenvalue weighted by Crippen LogP contribution is 2.15. The standard InChI is InChI=1S/C45H86NO4/c1-6-11-13-15-17-19-21-23-25-27-29-31-33-35-37-39-44(47)49-42-43(41-46(8-3,9-4)10-5)50-45(48)40-38-36-34-32-30-28-26-24-22-20-18-16-14-12-7-2/h23-26,43H,6-22,27-42H2,1-5H3/q+1. The van der Waals surface area contributed by atoms with Crippen molar-refractivity contribution in [2.24, 2.45) is 0 Å². The van der Waals surface area contributed by atoms with E-state index in [4.69, 9.17) is 9.47 Å². The Morgan fingerprint density at radius 2 is 0.800 bits per heavy atom. The number of esters is 2. The molecule has 294 valence electrons. The molecule has 0 saturated heterocycles. The number of quaternary nitrogens is 1. The molecular formula is C45H86NO4+. The number of nitrogens with zero attached hydrogens (tertiary/aromatic N) is 1. The zero-order valence-corrected chi connectivity index (χ0v) is 34.3. The molecular weight excluding hydrogens is 618 g/mol. The molecule has 0 aliphatic rings. The van der Waals surface area contributed by atoms with Crippen LogP contribution in [0, 0.1) is 0 Å². The fourth-order valence-corrected chi connectivity index (χ4v) is 6.80. The number of carbonyl (C=O) groups is 2. The van der Waals surface area contributed by atoms with Gasteiger partial charge in [0.25, 0.3) is 0 Å². The molecule has 0 spiro atoms. The molecule has 0 fully saturated rings. The van der Waals surface area contributed by atoms with Crippen LogP contribution in [0.5, 0.6) is 0 Å². The van der Waals surface area contributed by atoms with Crippen molar-refractivity contribution in [1.29, 1.82) is 0 Å². The molecule has 0 bridgehead atoms. The molecule has 5 heteroatoms. The van der Waals surface area contributed by atoms with E-state index in [1.807, 2.05) is 0 Å². The van der Waals surface area contributed by atoms with Crippen molar-refractivity contribution in [3.8, 4) is 0 Å². The van der Waals surface area contributed by atoms with E-state index >= 15 is 0 Å². The van der Waals surface area contributed by atoms with E-state index in [2.05, 4.69) is 58.9 Å². The average Bonchev–Trinajstić information content (AvgIpc) is 3.12. The number of hydrogen-bond donors (Lipinski definition) is 0. The molecule has 0 aromatic rings. The van der Waals surface area contributed by atoms with Crippen LogP contribution in [0.1, 0.15) is 214 Å². The molecule has 0 aromatic heterocycles. The number of ether oxygens (including phenoxy) is 2. The minimum absolute atomic E-state index is 0.151. The van der Waals surface area contributed by atoms with Crippen LogP contribution in [-0.2, 0) is 19.1 Å². The Morgan fingerprint density at radius 1 is 0.460 bits per heavy atom. The quantitative estimate of drug-likeness (QED) is 0.0278. The van der Waals surface area contributed by atoms with Gasteiger partial charge in [-0.3, -0.25) is 9.59 Å². The largest absolute Gasteiger partial charge is 0.461 e. The van der Waals surface area contributed by atoms with E-state index < -0.39 is 0 Å². The van der Waals surface area contributed by atoms with Crippen LogP contribution in [0.4, 0.5) is 0 Å². The van der Waals surface area contributed by atoms with Gasteiger partial charge in [0.05, 0.1) is 19.6 Å². The maximum atomic E-state index is 12.8. The predicted octanol–water partition coefficient (Wildman–Crippen LogP) is 13.4. The van der Waals surface area contributed by atoms with Gasteiger partial charge in [-0.05, 0) is 85.0 Å². The van der Waals surface area contributed by atoms with Crippen molar-refractivity contribution in [2.75, 3.05) is 32.8 Å². The van der Waals surface area contributed by atoms with E-state index in [0.717, 1.165) is 56.2 Å². The van der Waals surface area contributed by atoms with Crippen LogP contribution in [0.3, 0.4) is 0 Å². The first kappa shape index (κ1) is 48.4. The monoisotopic (exact) mass is 705 g/mol. The molecule has 0 saturated carbocycles. The first-order valence-corrected chi connectivity index (χ1v) is 22.0. The highest BCUT2D eigenvalue weighted by molar-refractivity contribution is 5.70. The summed E-state index contributed by atoms with van der Waals surface area (Å²) >= 11 is 0. The zero-order chi connectivity index (χ0) is 36.8. The van der Waals surface area contributed by atoms with Crippen molar-refractivity contribution in [3.05, 3.63) is 24.3 Å². The second-order valence-corrected chi connectivity index (χ2v) is 14.9. The summed E-state index contributed by atoms with van der Waals surface area (Å²) in [7, 11) is 0. The van der Waals surface area contributed by atoms with Crippen LogP contribution in [0.15, 0.2) is 24.3 Å². The molecule has 1 unspecified atom stereocenters. The normalized spacial score (nSPS) is 12.7. The van der Waals surface area contributed by atoms with E-state index in [9.17, 15) is 9.59 Å². The third kappa shape index (κ3) is 31.1. The van der Waals surface area contributed by atoms with Crippen molar-refractivity contribution in [3.63, 3.8) is 0 Å². The summed E-state index contributed by atoms with van der Waals surface area (Å²) in [6, 6.07) is 0. The first-order valence-electron chi connectivity index (χ1n) is 22.0. The Morgan fingerprint density at radius 3 is 1.18 bits per heavy atom. The summed E-state index contributed by atoms with van der Waals surface area (Å²) in [6.07, 6.45) is 42.2. The Bertz CT molecular complexity index is 795. The Labute approximate surface area is 312 Å². The second kappa shape index (κ2) is 37.1. The highest BCUT2D eigenvalue weighted by atomic mass is 16.6. The third-order valence-electron chi connectivity index (χ3n) is 10.6. The number of hydrogen-bond acceptors (Lipinski definition) is 4. The van der Waals surface area contributed by atoms with Gasteiger partial charge in [-0.1, -0.05) is 141 Å². The summed E-state index contributed by atoms with van der Waals surface area (Å²) in [5.41, 5.74) is 0. The van der Waals surface area contributed by atoms with Gasteiger partial charge in [0.1, 0.15) is 13.2 Å². The highest BCUT2D eigenvalue weighted by Gasteiger charge is 2.29. The van der Waals surface area contributed by atoms with E-state index in [1.165, 1.54) is 135 Å². The van der Waals surface area contributed by atoms with Gasteiger partial charge in [-0.2, -0.15) is 0 Å². The smallest absolute Gasteiger partial charge is 0.306 e. The van der Waals surface area contributed by atoms with Crippen LogP contribution < -0.4 is 0 Å². The molecule has 0 rings (SSSR count). The fourth-order valence-electron chi connectivity index (χ4n) is 6.80. The lowest BCUT2D eigenvalue weighted by molar-refractivity contribution is -0.925. The number of unbranched alkanes of at least 4 members (excludes halogenated alkanes) is 22. The molecule has 5 nitrogen and oxygen atoms in total. The number of rotatable bonds is 38. The van der Waals surface area contributed by atoms with Crippen molar-refractivity contribution in [1.82, 2.24) is 0 Å². The van der Waals surface area contributed by atoms with E-state index in [1.54, 1.807) is 0 Å². The molecule has 0 N–H and O–H groups in total. The fraction of sp³-hybridized carbons (Fsp3) is 0.867. The van der Waals surface area contributed by atoms with Crippen molar-refractivity contribution in [2.45, 2.75) is 221 Å². The maximum Gasteiger partial charge on any atom is 0.306 e. The van der Waals surface area contributed by atoms with Gasteiger partial charge in [0, 0.05) is 12.8 Å². The zero-order valence-electron chi connectivity index (χ0n) is 34.3. The summed E-state index contributed by atoms with van der Waals surface area (Å²) in [5.74, 6) is -0.314. The minimum Gasteiger partial charge on any atom is -0.461 e. The Balaban J connectivity index is 4.19. The molecule has 0 radical (unpaired) electrons. The second-order valence-electron chi connectivity index (χ2n) is 14.9. The molecule has 0 aliphatic heterocycles. The third-order valence-corrected chi connectivity index (χ3v) is 10.6. The lowest BCUT2D eigenvalue weighted by Gasteiger charge is -2.38. The van der Waals surface area contributed by atoms with Gasteiger partial charge >= 0.3 is 11.9 Å². The lowest BCUT2D eigenvalue weighted by Crippen LogP contribution is -2.53. The molecule has 0 aromatic carbocycles. The molecule has 0 amide bonds. The molecule has 50 heavy (non-hydrogen) atoms. The van der Waals surface area contributed by atoms with Crippen molar-refractivity contribution >= 4 is 11.9 Å². The van der Waals surface area contributed by atoms with Crippen LogP contribution in [0.25, 0.3) is 0 Å². The lowest BCUT2D eigenvalue weighted by atomic mass is 10.1. The van der Waals surface area contributed by atoms with Gasteiger partial charge in [-0.25, -0.2) is 0 Å². The van der Waals surface area contributed by atoms with Gasteiger partial charge in [0.15, 0.2) is 6.10 Å². The summed E-state index contributed by atoms with van der Waals surface area (Å²) < 4.78 is 12.5. The van der Waals surface area contributed by atoms with Gasteiger partial charge < -0.3 is 14.0 Å². The summed E-state index contributed by atoms with van der Waals surface area (Å²) in [4.78, 5) is 25.4. The summed E-state index contributed by atoms with van der Waals surface area (Å²) in [5, 5.41) is 0. The predicted molar refractivity (Wildman–Crippen MR) is 216 cm³/mol. The molecule has 0 aliphatic carbocycles. The van der Waals surface area contributed by atoms with E-state index in [-0.39, 0.29) is 24.6 Å².